The third-order valence-electron chi connectivity index (χ3n) is 2.88. The average molecular weight is 299 g/mol. The summed E-state index contributed by atoms with van der Waals surface area (Å²) in [7, 11) is 0. The molecule has 102 valence electrons. The molecule has 0 spiro atoms. The van der Waals surface area contributed by atoms with Crippen molar-refractivity contribution in [2.75, 3.05) is 6.54 Å². The number of thiazole rings is 1. The number of rotatable bonds is 5. The van der Waals surface area contributed by atoms with E-state index in [1.54, 1.807) is 17.4 Å². The van der Waals surface area contributed by atoms with E-state index < -0.39 is 0 Å². The molecule has 1 unspecified atom stereocenters. The van der Waals surface area contributed by atoms with Gasteiger partial charge in [0.2, 0.25) is 0 Å². The number of hydrogen-bond donors (Lipinski definition) is 1. The predicted octanol–water partition coefficient (Wildman–Crippen LogP) is 4.14. The zero-order valence-corrected chi connectivity index (χ0v) is 12.5. The Labute approximate surface area is 121 Å². The predicted molar refractivity (Wildman–Crippen MR) is 78.4 cm³/mol. The van der Waals surface area contributed by atoms with E-state index in [1.807, 2.05) is 19.2 Å². The van der Waals surface area contributed by atoms with Crippen LogP contribution in [-0.2, 0) is 6.42 Å². The van der Waals surface area contributed by atoms with Crippen molar-refractivity contribution in [1.82, 2.24) is 10.3 Å². The van der Waals surface area contributed by atoms with Crippen molar-refractivity contribution in [2.24, 2.45) is 0 Å². The Bertz CT molecular complexity index is 556. The first kappa shape index (κ1) is 14.4. The molecule has 0 bridgehead atoms. The van der Waals surface area contributed by atoms with Crippen LogP contribution in [0.5, 0.6) is 0 Å². The van der Waals surface area contributed by atoms with Crippen LogP contribution in [0.4, 0.5) is 4.39 Å². The van der Waals surface area contributed by atoms with Gasteiger partial charge in [-0.3, -0.25) is 0 Å². The first-order valence-electron chi connectivity index (χ1n) is 6.19. The molecular weight excluding hydrogens is 283 g/mol. The molecule has 1 heterocycles. The van der Waals surface area contributed by atoms with Gasteiger partial charge in [-0.1, -0.05) is 18.5 Å². The number of benzene rings is 1. The summed E-state index contributed by atoms with van der Waals surface area (Å²) in [4.78, 5) is 4.50. The van der Waals surface area contributed by atoms with E-state index in [0.29, 0.717) is 11.4 Å². The van der Waals surface area contributed by atoms with Gasteiger partial charge in [-0.25, -0.2) is 9.37 Å². The Kier molecular flexibility index (Phi) is 4.91. The normalized spacial score (nSPS) is 12.6. The first-order valence-corrected chi connectivity index (χ1v) is 7.45. The second kappa shape index (κ2) is 6.46. The van der Waals surface area contributed by atoms with E-state index >= 15 is 0 Å². The molecule has 1 N–H and O–H groups in total. The lowest BCUT2D eigenvalue weighted by molar-refractivity contribution is 0.536. The third-order valence-corrected chi connectivity index (χ3v) is 4.04. The standard InChI is InChI=1S/C14H16ClFN2S/c1-3-17-13(14-8-19-9(2)18-14)7-10-6-11(16)4-5-12(10)15/h4-6,8,13,17H,3,7H2,1-2H3. The molecule has 1 atom stereocenters. The van der Waals surface area contributed by atoms with Gasteiger partial charge in [0.05, 0.1) is 16.7 Å². The molecule has 0 aliphatic carbocycles. The Hall–Kier alpha value is -0.970. The number of halogens is 2. The Morgan fingerprint density at radius 1 is 1.47 bits per heavy atom. The van der Waals surface area contributed by atoms with Gasteiger partial charge in [0.25, 0.3) is 0 Å². The molecule has 0 aliphatic rings. The van der Waals surface area contributed by atoms with Crippen molar-refractivity contribution in [1.29, 1.82) is 0 Å². The van der Waals surface area contributed by atoms with Crippen LogP contribution in [-0.4, -0.2) is 11.5 Å². The van der Waals surface area contributed by atoms with Gasteiger partial charge in [0.1, 0.15) is 5.82 Å². The van der Waals surface area contributed by atoms with Crippen molar-refractivity contribution in [3.05, 3.63) is 50.7 Å². The molecule has 0 amide bonds. The van der Waals surface area contributed by atoms with Crippen LogP contribution < -0.4 is 5.32 Å². The largest absolute Gasteiger partial charge is 0.309 e. The van der Waals surface area contributed by atoms with E-state index in [1.165, 1.54) is 12.1 Å². The molecule has 0 aliphatic heterocycles. The maximum atomic E-state index is 13.3. The Morgan fingerprint density at radius 3 is 2.89 bits per heavy atom. The zero-order valence-electron chi connectivity index (χ0n) is 10.9. The fraction of sp³-hybridized carbons (Fsp3) is 0.357. The molecular formula is C14H16ClFN2S. The fourth-order valence-corrected chi connectivity index (χ4v) is 2.85. The highest BCUT2D eigenvalue weighted by Gasteiger charge is 2.16. The van der Waals surface area contributed by atoms with Crippen molar-refractivity contribution in [2.45, 2.75) is 26.3 Å². The molecule has 0 radical (unpaired) electrons. The average Bonchev–Trinajstić information content (AvgIpc) is 2.80. The van der Waals surface area contributed by atoms with Crippen LogP contribution in [0.3, 0.4) is 0 Å². The summed E-state index contributed by atoms with van der Waals surface area (Å²) in [5.74, 6) is -0.260. The molecule has 0 saturated carbocycles. The Morgan fingerprint density at radius 2 is 2.26 bits per heavy atom. The van der Waals surface area contributed by atoms with Gasteiger partial charge < -0.3 is 5.32 Å². The van der Waals surface area contributed by atoms with E-state index in [2.05, 4.69) is 10.3 Å². The van der Waals surface area contributed by atoms with Crippen LogP contribution in [0, 0.1) is 12.7 Å². The van der Waals surface area contributed by atoms with Gasteiger partial charge in [-0.15, -0.1) is 11.3 Å². The second-order valence-electron chi connectivity index (χ2n) is 4.34. The summed E-state index contributed by atoms with van der Waals surface area (Å²) in [5.41, 5.74) is 1.79. The van der Waals surface area contributed by atoms with Gasteiger partial charge >= 0.3 is 0 Å². The summed E-state index contributed by atoms with van der Waals surface area (Å²) in [6.45, 7) is 4.85. The molecule has 2 rings (SSSR count). The van der Waals surface area contributed by atoms with Crippen LogP contribution >= 0.6 is 22.9 Å². The molecule has 1 aromatic heterocycles. The van der Waals surface area contributed by atoms with Crippen LogP contribution in [0.15, 0.2) is 23.6 Å². The molecule has 0 saturated heterocycles. The third kappa shape index (κ3) is 3.75. The van der Waals surface area contributed by atoms with Crippen molar-refractivity contribution < 1.29 is 4.39 Å². The van der Waals surface area contributed by atoms with Crippen molar-refractivity contribution in [3.63, 3.8) is 0 Å². The highest BCUT2D eigenvalue weighted by molar-refractivity contribution is 7.09. The number of nitrogens with zero attached hydrogens (tertiary/aromatic N) is 1. The van der Waals surface area contributed by atoms with Gasteiger partial charge in [-0.2, -0.15) is 0 Å². The highest BCUT2D eigenvalue weighted by Crippen LogP contribution is 2.25. The summed E-state index contributed by atoms with van der Waals surface area (Å²) in [6.07, 6.45) is 0.633. The quantitative estimate of drug-likeness (QED) is 0.897. The molecule has 19 heavy (non-hydrogen) atoms. The van der Waals surface area contributed by atoms with E-state index in [4.69, 9.17) is 11.6 Å². The van der Waals surface area contributed by atoms with E-state index in [9.17, 15) is 4.39 Å². The fourth-order valence-electron chi connectivity index (χ4n) is 1.99. The van der Waals surface area contributed by atoms with Gasteiger partial charge in [-0.05, 0) is 43.7 Å². The molecule has 0 fully saturated rings. The van der Waals surface area contributed by atoms with Gasteiger partial charge in [0, 0.05) is 10.4 Å². The van der Waals surface area contributed by atoms with Crippen LogP contribution in [0.1, 0.15) is 29.2 Å². The summed E-state index contributed by atoms with van der Waals surface area (Å²) >= 11 is 7.74. The lowest BCUT2D eigenvalue weighted by atomic mass is 10.0. The minimum absolute atomic E-state index is 0.0641. The topological polar surface area (TPSA) is 24.9 Å². The van der Waals surface area contributed by atoms with E-state index in [0.717, 1.165) is 22.8 Å². The monoisotopic (exact) mass is 298 g/mol. The number of likely N-dealkylation sites (N-methyl/N-ethyl adjacent to an activating group) is 1. The first-order chi connectivity index (χ1) is 9.10. The molecule has 1 aromatic carbocycles. The van der Waals surface area contributed by atoms with Crippen LogP contribution in [0.2, 0.25) is 5.02 Å². The molecule has 2 nitrogen and oxygen atoms in total. The summed E-state index contributed by atoms with van der Waals surface area (Å²) in [6, 6.07) is 4.53. The number of hydrogen-bond acceptors (Lipinski definition) is 3. The summed E-state index contributed by atoms with van der Waals surface area (Å²) in [5, 5.41) is 7.03. The zero-order chi connectivity index (χ0) is 13.8. The lowest BCUT2D eigenvalue weighted by Crippen LogP contribution is -2.23. The molecule has 2 aromatic rings. The number of nitrogens with one attached hydrogen (secondary N) is 1. The lowest BCUT2D eigenvalue weighted by Gasteiger charge is -2.16. The van der Waals surface area contributed by atoms with Crippen molar-refractivity contribution in [3.8, 4) is 0 Å². The summed E-state index contributed by atoms with van der Waals surface area (Å²) < 4.78 is 13.3. The Balaban J connectivity index is 2.23. The van der Waals surface area contributed by atoms with Crippen molar-refractivity contribution >= 4 is 22.9 Å². The van der Waals surface area contributed by atoms with Crippen LogP contribution in [0.25, 0.3) is 0 Å². The van der Waals surface area contributed by atoms with E-state index in [-0.39, 0.29) is 11.9 Å². The minimum atomic E-state index is -0.260. The smallest absolute Gasteiger partial charge is 0.123 e. The second-order valence-corrected chi connectivity index (χ2v) is 5.81. The SMILES string of the molecule is CCNC(Cc1cc(F)ccc1Cl)c1csc(C)n1. The minimum Gasteiger partial charge on any atom is -0.309 e. The maximum Gasteiger partial charge on any atom is 0.123 e. The van der Waals surface area contributed by atoms with Gasteiger partial charge in [0.15, 0.2) is 0 Å². The maximum absolute atomic E-state index is 13.3. The number of aryl methyl sites for hydroxylation is 1. The highest BCUT2D eigenvalue weighted by atomic mass is 35.5. The molecule has 5 heteroatoms. The number of aromatic nitrogens is 1.